The lowest BCUT2D eigenvalue weighted by Crippen LogP contribution is -2.42. The van der Waals surface area contributed by atoms with E-state index >= 15 is 0 Å². The molecule has 0 unspecified atom stereocenters. The van der Waals surface area contributed by atoms with Gasteiger partial charge in [0.15, 0.2) is 5.82 Å². The first-order valence-electron chi connectivity index (χ1n) is 6.64. The van der Waals surface area contributed by atoms with Gasteiger partial charge >= 0.3 is 0 Å². The van der Waals surface area contributed by atoms with Gasteiger partial charge in [-0.2, -0.15) is 0 Å². The van der Waals surface area contributed by atoms with Gasteiger partial charge in [-0.05, 0) is 6.92 Å². The van der Waals surface area contributed by atoms with Crippen molar-refractivity contribution in [2.45, 2.75) is 13.3 Å². The number of morpholine rings is 1. The standard InChI is InChI=1S/C12H19N3O5S/c1-10-9-11(13-20-10)15(21(2,17)18)4-3-12(16)14-5-7-19-8-6-14/h9H,3-8H2,1-2H3. The Morgan fingerprint density at radius 1 is 1.43 bits per heavy atom. The number of anilines is 1. The number of carbonyl (C=O) groups excluding carboxylic acids is 1. The molecule has 1 aliphatic heterocycles. The Bertz CT molecular complexity index is 592. The van der Waals surface area contributed by atoms with Crippen molar-refractivity contribution in [3.05, 3.63) is 11.8 Å². The molecule has 0 spiro atoms. The summed E-state index contributed by atoms with van der Waals surface area (Å²) in [4.78, 5) is 13.7. The SMILES string of the molecule is Cc1cc(N(CCC(=O)N2CCOCC2)S(C)(=O)=O)no1. The Morgan fingerprint density at radius 2 is 2.10 bits per heavy atom. The van der Waals surface area contributed by atoms with Gasteiger partial charge in [0.2, 0.25) is 15.9 Å². The average Bonchev–Trinajstić information content (AvgIpc) is 2.84. The van der Waals surface area contributed by atoms with Crippen LogP contribution in [-0.4, -0.2) is 63.5 Å². The number of rotatable bonds is 5. The lowest BCUT2D eigenvalue weighted by Gasteiger charge is -2.28. The van der Waals surface area contributed by atoms with Gasteiger partial charge in [0.25, 0.3) is 0 Å². The summed E-state index contributed by atoms with van der Waals surface area (Å²) in [6.07, 6.45) is 1.18. The second-order valence-electron chi connectivity index (χ2n) is 4.87. The molecule has 0 radical (unpaired) electrons. The highest BCUT2D eigenvalue weighted by atomic mass is 32.2. The van der Waals surface area contributed by atoms with E-state index in [4.69, 9.17) is 9.26 Å². The number of carbonyl (C=O) groups is 1. The summed E-state index contributed by atoms with van der Waals surface area (Å²) < 4.78 is 34.8. The number of nitrogens with zero attached hydrogens (tertiary/aromatic N) is 3. The van der Waals surface area contributed by atoms with E-state index in [-0.39, 0.29) is 24.7 Å². The van der Waals surface area contributed by atoms with Crippen molar-refractivity contribution >= 4 is 21.7 Å². The number of hydrogen-bond donors (Lipinski definition) is 0. The van der Waals surface area contributed by atoms with Gasteiger partial charge < -0.3 is 14.2 Å². The fourth-order valence-electron chi connectivity index (χ4n) is 2.09. The van der Waals surface area contributed by atoms with Crippen molar-refractivity contribution in [3.63, 3.8) is 0 Å². The Morgan fingerprint density at radius 3 is 2.62 bits per heavy atom. The normalized spacial score (nSPS) is 16.0. The molecule has 118 valence electrons. The maximum Gasteiger partial charge on any atom is 0.233 e. The number of sulfonamides is 1. The maximum atomic E-state index is 12.1. The molecule has 0 bridgehead atoms. The van der Waals surface area contributed by atoms with Crippen molar-refractivity contribution in [2.75, 3.05) is 43.4 Å². The lowest BCUT2D eigenvalue weighted by molar-refractivity contribution is -0.135. The van der Waals surface area contributed by atoms with E-state index in [0.29, 0.717) is 32.1 Å². The largest absolute Gasteiger partial charge is 0.378 e. The Balaban J connectivity index is 2.01. The fourth-order valence-corrected chi connectivity index (χ4v) is 2.94. The summed E-state index contributed by atoms with van der Waals surface area (Å²) in [6.45, 7) is 3.84. The summed E-state index contributed by atoms with van der Waals surface area (Å²) in [6, 6.07) is 1.53. The molecule has 0 aromatic carbocycles. The summed E-state index contributed by atoms with van der Waals surface area (Å²) in [5.74, 6) is 0.620. The van der Waals surface area contributed by atoms with Gasteiger partial charge in [-0.1, -0.05) is 5.16 Å². The van der Waals surface area contributed by atoms with Crippen molar-refractivity contribution in [3.8, 4) is 0 Å². The predicted octanol–water partition coefficient (Wildman–Crippen LogP) is -0.00208. The van der Waals surface area contributed by atoms with Gasteiger partial charge in [-0.15, -0.1) is 0 Å². The number of amides is 1. The van der Waals surface area contributed by atoms with Crippen LogP contribution in [-0.2, 0) is 19.6 Å². The fraction of sp³-hybridized carbons (Fsp3) is 0.667. The minimum Gasteiger partial charge on any atom is -0.378 e. The molecule has 1 amide bonds. The minimum absolute atomic E-state index is 0.0427. The minimum atomic E-state index is -3.52. The molecule has 0 saturated carbocycles. The first-order chi connectivity index (χ1) is 9.88. The zero-order valence-corrected chi connectivity index (χ0v) is 12.9. The highest BCUT2D eigenvalue weighted by Gasteiger charge is 2.24. The maximum absolute atomic E-state index is 12.1. The molecule has 0 atom stereocenters. The van der Waals surface area contributed by atoms with Crippen molar-refractivity contribution < 1.29 is 22.5 Å². The molecule has 1 aliphatic rings. The molecular formula is C12H19N3O5S. The third-order valence-electron chi connectivity index (χ3n) is 3.16. The third-order valence-corrected chi connectivity index (χ3v) is 4.33. The summed E-state index contributed by atoms with van der Waals surface area (Å²) in [5, 5.41) is 3.70. The van der Waals surface area contributed by atoms with E-state index in [2.05, 4.69) is 5.16 Å². The molecule has 0 aliphatic carbocycles. The van der Waals surface area contributed by atoms with Gasteiger partial charge in [-0.25, -0.2) is 8.42 Å². The third kappa shape index (κ3) is 4.18. The second kappa shape index (κ2) is 6.44. The number of hydrogen-bond acceptors (Lipinski definition) is 6. The molecule has 0 N–H and O–H groups in total. The lowest BCUT2D eigenvalue weighted by atomic mass is 10.3. The van der Waals surface area contributed by atoms with Crippen LogP contribution in [0.25, 0.3) is 0 Å². The van der Waals surface area contributed by atoms with Crippen LogP contribution < -0.4 is 4.31 Å². The highest BCUT2D eigenvalue weighted by Crippen LogP contribution is 2.17. The summed E-state index contributed by atoms with van der Waals surface area (Å²) in [5.41, 5.74) is 0. The van der Waals surface area contributed by atoms with Crippen LogP contribution in [0.15, 0.2) is 10.6 Å². The van der Waals surface area contributed by atoms with E-state index in [0.717, 1.165) is 10.6 Å². The topological polar surface area (TPSA) is 93.0 Å². The van der Waals surface area contributed by atoms with Crippen molar-refractivity contribution in [1.29, 1.82) is 0 Å². The molecule has 21 heavy (non-hydrogen) atoms. The van der Waals surface area contributed by atoms with Gasteiger partial charge in [-0.3, -0.25) is 9.10 Å². The van der Waals surface area contributed by atoms with Crippen LogP contribution in [0.3, 0.4) is 0 Å². The molecule has 1 aromatic rings. The molecular weight excluding hydrogens is 298 g/mol. The van der Waals surface area contributed by atoms with Crippen molar-refractivity contribution in [2.24, 2.45) is 0 Å². The second-order valence-corrected chi connectivity index (χ2v) is 6.78. The smallest absolute Gasteiger partial charge is 0.233 e. The van der Waals surface area contributed by atoms with Crippen LogP contribution in [0.1, 0.15) is 12.2 Å². The highest BCUT2D eigenvalue weighted by molar-refractivity contribution is 7.92. The quantitative estimate of drug-likeness (QED) is 0.759. The monoisotopic (exact) mass is 317 g/mol. The molecule has 8 nitrogen and oxygen atoms in total. The van der Waals surface area contributed by atoms with Crippen molar-refractivity contribution in [1.82, 2.24) is 10.1 Å². The van der Waals surface area contributed by atoms with Crippen LogP contribution in [0.4, 0.5) is 5.82 Å². The first-order valence-corrected chi connectivity index (χ1v) is 8.49. The molecule has 2 heterocycles. The number of aromatic nitrogens is 1. The van der Waals surface area contributed by atoms with Crippen LogP contribution in [0.2, 0.25) is 0 Å². The predicted molar refractivity (Wildman–Crippen MR) is 75.4 cm³/mol. The molecule has 1 aromatic heterocycles. The van der Waals surface area contributed by atoms with Crippen LogP contribution >= 0.6 is 0 Å². The van der Waals surface area contributed by atoms with E-state index in [1.807, 2.05) is 0 Å². The average molecular weight is 317 g/mol. The van der Waals surface area contributed by atoms with Gasteiger partial charge in [0.1, 0.15) is 5.76 Å². The van der Waals surface area contributed by atoms with E-state index in [9.17, 15) is 13.2 Å². The van der Waals surface area contributed by atoms with E-state index < -0.39 is 10.0 Å². The molecule has 9 heteroatoms. The van der Waals surface area contributed by atoms with Gasteiger partial charge in [0, 0.05) is 32.1 Å². The number of aryl methyl sites for hydroxylation is 1. The Labute approximate surface area is 123 Å². The summed E-state index contributed by atoms with van der Waals surface area (Å²) in [7, 11) is -3.52. The van der Waals surface area contributed by atoms with E-state index in [1.165, 1.54) is 6.07 Å². The first kappa shape index (κ1) is 15.8. The molecule has 1 saturated heterocycles. The molecule has 2 rings (SSSR count). The van der Waals surface area contributed by atoms with Crippen LogP contribution in [0.5, 0.6) is 0 Å². The zero-order valence-electron chi connectivity index (χ0n) is 12.1. The molecule has 1 fully saturated rings. The van der Waals surface area contributed by atoms with Gasteiger partial charge in [0.05, 0.1) is 19.5 Å². The Kier molecular flexibility index (Phi) is 4.84. The van der Waals surface area contributed by atoms with Crippen LogP contribution in [0, 0.1) is 6.92 Å². The summed E-state index contributed by atoms with van der Waals surface area (Å²) >= 11 is 0. The van der Waals surface area contributed by atoms with E-state index in [1.54, 1.807) is 11.8 Å². The Hall–Kier alpha value is -1.61. The number of ether oxygens (including phenoxy) is 1. The zero-order chi connectivity index (χ0) is 15.5.